The number of carbonyl (C=O) groups excluding carboxylic acids is 1. The van der Waals surface area contributed by atoms with Gasteiger partial charge in [-0.3, -0.25) is 0 Å². The molecule has 90 valence electrons. The molecule has 5 nitrogen and oxygen atoms in total. The zero-order valence-electron chi connectivity index (χ0n) is 9.47. The summed E-state index contributed by atoms with van der Waals surface area (Å²) in [5.41, 5.74) is 2.33. The molecule has 1 heterocycles. The zero-order valence-corrected chi connectivity index (χ0v) is 9.47. The van der Waals surface area contributed by atoms with E-state index >= 15 is 0 Å². The van der Waals surface area contributed by atoms with Crippen LogP contribution in [0.5, 0.6) is 0 Å². The SMILES string of the molecule is COC(=O)c1cc(B(O)O)cc2c1CCOC2. The first-order valence-corrected chi connectivity index (χ1v) is 5.31. The second kappa shape index (κ2) is 4.87. The van der Waals surface area contributed by atoms with Crippen LogP contribution in [-0.2, 0) is 22.5 Å². The summed E-state index contributed by atoms with van der Waals surface area (Å²) in [6.45, 7) is 0.928. The van der Waals surface area contributed by atoms with E-state index in [9.17, 15) is 4.79 Å². The van der Waals surface area contributed by atoms with Gasteiger partial charge in [-0.2, -0.15) is 0 Å². The molecule has 0 aromatic heterocycles. The smallest absolute Gasteiger partial charge is 0.465 e. The number of fused-ring (bicyclic) bond motifs is 1. The van der Waals surface area contributed by atoms with Crippen LogP contribution in [0.1, 0.15) is 21.5 Å². The molecule has 1 aromatic carbocycles. The maximum absolute atomic E-state index is 11.6. The van der Waals surface area contributed by atoms with E-state index in [1.807, 2.05) is 0 Å². The monoisotopic (exact) mass is 236 g/mol. The molecule has 0 amide bonds. The van der Waals surface area contributed by atoms with Crippen molar-refractivity contribution in [2.45, 2.75) is 13.0 Å². The van der Waals surface area contributed by atoms with Crippen LogP contribution in [0.2, 0.25) is 0 Å². The quantitative estimate of drug-likeness (QED) is 0.520. The highest BCUT2D eigenvalue weighted by Crippen LogP contribution is 2.20. The Bertz CT molecular complexity index is 444. The predicted octanol–water partition coefficient (Wildman–Crippen LogP) is -0.774. The highest BCUT2D eigenvalue weighted by atomic mass is 16.5. The molecule has 1 aliphatic rings. The minimum atomic E-state index is -1.61. The molecule has 17 heavy (non-hydrogen) atoms. The predicted molar refractivity (Wildman–Crippen MR) is 61.0 cm³/mol. The van der Waals surface area contributed by atoms with E-state index in [0.717, 1.165) is 11.1 Å². The van der Waals surface area contributed by atoms with E-state index in [4.69, 9.17) is 19.5 Å². The minimum Gasteiger partial charge on any atom is -0.465 e. The summed E-state index contributed by atoms with van der Waals surface area (Å²) >= 11 is 0. The van der Waals surface area contributed by atoms with Gasteiger partial charge in [0.15, 0.2) is 0 Å². The van der Waals surface area contributed by atoms with E-state index in [1.165, 1.54) is 13.2 Å². The first-order valence-electron chi connectivity index (χ1n) is 5.31. The summed E-state index contributed by atoms with van der Waals surface area (Å²) < 4.78 is 9.98. The zero-order chi connectivity index (χ0) is 12.4. The van der Waals surface area contributed by atoms with Crippen LogP contribution >= 0.6 is 0 Å². The second-order valence-electron chi connectivity index (χ2n) is 3.87. The number of carbonyl (C=O) groups is 1. The summed E-state index contributed by atoms with van der Waals surface area (Å²) in [6, 6.07) is 3.10. The molecule has 0 spiro atoms. The molecule has 1 aromatic rings. The molecular formula is C11H13BO5. The molecule has 0 saturated carbocycles. The Morgan fingerprint density at radius 2 is 2.24 bits per heavy atom. The maximum atomic E-state index is 11.6. The molecule has 0 fully saturated rings. The average molecular weight is 236 g/mol. The average Bonchev–Trinajstić information content (AvgIpc) is 2.36. The number of hydrogen-bond acceptors (Lipinski definition) is 5. The normalized spacial score (nSPS) is 14.1. The van der Waals surface area contributed by atoms with Crippen molar-refractivity contribution in [3.05, 3.63) is 28.8 Å². The Morgan fingerprint density at radius 1 is 1.47 bits per heavy atom. The van der Waals surface area contributed by atoms with Gasteiger partial charge in [0.2, 0.25) is 0 Å². The summed E-state index contributed by atoms with van der Waals surface area (Å²) in [4.78, 5) is 11.6. The van der Waals surface area contributed by atoms with Gasteiger partial charge in [-0.15, -0.1) is 0 Å². The van der Waals surface area contributed by atoms with Gasteiger partial charge in [0, 0.05) is 0 Å². The number of hydrogen-bond donors (Lipinski definition) is 2. The van der Waals surface area contributed by atoms with E-state index < -0.39 is 13.1 Å². The van der Waals surface area contributed by atoms with Crippen molar-refractivity contribution in [2.75, 3.05) is 13.7 Å². The number of ether oxygens (including phenoxy) is 2. The molecule has 0 bridgehead atoms. The fourth-order valence-electron chi connectivity index (χ4n) is 1.98. The molecule has 0 saturated heterocycles. The lowest BCUT2D eigenvalue weighted by Gasteiger charge is -2.20. The van der Waals surface area contributed by atoms with Gasteiger partial charge in [-0.05, 0) is 29.1 Å². The van der Waals surface area contributed by atoms with Crippen LogP contribution < -0.4 is 5.46 Å². The van der Waals surface area contributed by atoms with Gasteiger partial charge in [-0.1, -0.05) is 6.07 Å². The van der Waals surface area contributed by atoms with E-state index in [-0.39, 0.29) is 5.46 Å². The number of rotatable bonds is 2. The van der Waals surface area contributed by atoms with Crippen molar-refractivity contribution in [1.82, 2.24) is 0 Å². The lowest BCUT2D eigenvalue weighted by Crippen LogP contribution is -2.32. The molecule has 2 rings (SSSR count). The third-order valence-electron chi connectivity index (χ3n) is 2.82. The summed E-state index contributed by atoms with van der Waals surface area (Å²) in [6.07, 6.45) is 0.627. The fraction of sp³-hybridized carbons (Fsp3) is 0.364. The largest absolute Gasteiger partial charge is 0.488 e. The molecule has 1 aliphatic heterocycles. The summed E-state index contributed by atoms with van der Waals surface area (Å²) in [5.74, 6) is -0.467. The number of benzene rings is 1. The Labute approximate surface area is 99.1 Å². The molecule has 0 radical (unpaired) electrons. The third kappa shape index (κ3) is 2.33. The summed E-state index contributed by atoms with van der Waals surface area (Å²) in [7, 11) is -0.304. The Kier molecular flexibility index (Phi) is 3.47. The van der Waals surface area contributed by atoms with Crippen LogP contribution in [0.4, 0.5) is 0 Å². The number of esters is 1. The highest BCUT2D eigenvalue weighted by Gasteiger charge is 2.23. The van der Waals surface area contributed by atoms with Crippen LogP contribution in [0.3, 0.4) is 0 Å². The first kappa shape index (κ1) is 12.1. The Morgan fingerprint density at radius 3 is 2.88 bits per heavy atom. The topological polar surface area (TPSA) is 76.0 Å². The Hall–Kier alpha value is -1.37. The van der Waals surface area contributed by atoms with Crippen LogP contribution in [-0.4, -0.2) is 36.9 Å². The maximum Gasteiger partial charge on any atom is 0.488 e. The molecule has 2 N–H and O–H groups in total. The lowest BCUT2D eigenvalue weighted by molar-refractivity contribution is 0.0595. The molecule has 0 unspecified atom stereocenters. The van der Waals surface area contributed by atoms with Crippen molar-refractivity contribution in [1.29, 1.82) is 0 Å². The van der Waals surface area contributed by atoms with Crippen molar-refractivity contribution >= 4 is 18.6 Å². The van der Waals surface area contributed by atoms with Gasteiger partial charge in [-0.25, -0.2) is 4.79 Å². The van der Waals surface area contributed by atoms with E-state index in [0.29, 0.717) is 25.2 Å². The minimum absolute atomic E-state index is 0.273. The molecule has 0 aliphatic carbocycles. The van der Waals surface area contributed by atoms with E-state index in [1.54, 1.807) is 6.07 Å². The third-order valence-corrected chi connectivity index (χ3v) is 2.82. The molecule has 0 atom stereocenters. The lowest BCUT2D eigenvalue weighted by atomic mass is 9.77. The van der Waals surface area contributed by atoms with Crippen molar-refractivity contribution in [2.24, 2.45) is 0 Å². The highest BCUT2D eigenvalue weighted by molar-refractivity contribution is 6.58. The summed E-state index contributed by atoms with van der Waals surface area (Å²) in [5, 5.41) is 18.3. The van der Waals surface area contributed by atoms with E-state index in [2.05, 4.69) is 0 Å². The second-order valence-corrected chi connectivity index (χ2v) is 3.87. The van der Waals surface area contributed by atoms with Gasteiger partial charge in [0.05, 0.1) is 25.9 Å². The fourth-order valence-corrected chi connectivity index (χ4v) is 1.98. The van der Waals surface area contributed by atoms with Crippen molar-refractivity contribution in [3.63, 3.8) is 0 Å². The van der Waals surface area contributed by atoms with Crippen LogP contribution in [0, 0.1) is 0 Å². The van der Waals surface area contributed by atoms with Crippen molar-refractivity contribution < 1.29 is 24.3 Å². The van der Waals surface area contributed by atoms with Gasteiger partial charge < -0.3 is 19.5 Å². The van der Waals surface area contributed by atoms with Crippen molar-refractivity contribution in [3.8, 4) is 0 Å². The number of methoxy groups -OCH3 is 1. The molecule has 6 heteroatoms. The van der Waals surface area contributed by atoms with Crippen LogP contribution in [0.15, 0.2) is 12.1 Å². The van der Waals surface area contributed by atoms with Gasteiger partial charge in [0.1, 0.15) is 0 Å². The molecular weight excluding hydrogens is 223 g/mol. The van der Waals surface area contributed by atoms with Crippen LogP contribution in [0.25, 0.3) is 0 Å². The standard InChI is InChI=1S/C11H13BO5/c1-16-11(13)10-5-8(12(14)15)4-7-6-17-3-2-9(7)10/h4-5,14-15H,2-3,6H2,1H3. The van der Waals surface area contributed by atoms with Gasteiger partial charge in [0.25, 0.3) is 0 Å². The first-order chi connectivity index (χ1) is 8.13. The Balaban J connectivity index is 2.54. The van der Waals surface area contributed by atoms with Gasteiger partial charge >= 0.3 is 13.1 Å².